The lowest BCUT2D eigenvalue weighted by Gasteiger charge is -2.22. The molecule has 5 nitrogen and oxygen atoms in total. The maximum atomic E-state index is 12.4. The summed E-state index contributed by atoms with van der Waals surface area (Å²) in [6, 6.07) is 8.14. The molecule has 1 rings (SSSR count). The molecule has 0 aromatic heterocycles. The van der Waals surface area contributed by atoms with Gasteiger partial charge in [-0.1, -0.05) is 30.3 Å². The molecular formula is C16H20O5. The van der Waals surface area contributed by atoms with E-state index in [1.807, 2.05) is 0 Å². The van der Waals surface area contributed by atoms with Gasteiger partial charge in [0.25, 0.3) is 0 Å². The average Bonchev–Trinajstić information content (AvgIpc) is 2.38. The normalized spacial score (nSPS) is 12.4. The Bertz CT molecular complexity index is 513. The summed E-state index contributed by atoms with van der Waals surface area (Å²) in [5.41, 5.74) is -0.528. The van der Waals surface area contributed by atoms with Crippen LogP contribution in [-0.4, -0.2) is 29.9 Å². The summed E-state index contributed by atoms with van der Waals surface area (Å²) in [7, 11) is 0. The van der Waals surface area contributed by atoms with Crippen LogP contribution in [0.3, 0.4) is 0 Å². The summed E-state index contributed by atoms with van der Waals surface area (Å²) in [6.07, 6.45) is 0. The monoisotopic (exact) mass is 292 g/mol. The third kappa shape index (κ3) is 5.02. The van der Waals surface area contributed by atoms with Gasteiger partial charge in [0.05, 0.1) is 6.61 Å². The van der Waals surface area contributed by atoms with Crippen LogP contribution in [0.1, 0.15) is 38.1 Å². The highest BCUT2D eigenvalue weighted by Crippen LogP contribution is 2.17. The zero-order valence-electron chi connectivity index (χ0n) is 12.7. The number of ether oxygens (including phenoxy) is 2. The Labute approximate surface area is 124 Å². The predicted octanol–water partition coefficient (Wildman–Crippen LogP) is 2.39. The van der Waals surface area contributed by atoms with Crippen molar-refractivity contribution in [3.05, 3.63) is 35.9 Å². The van der Waals surface area contributed by atoms with Crippen molar-refractivity contribution in [3.8, 4) is 0 Å². The van der Waals surface area contributed by atoms with Crippen molar-refractivity contribution < 1.29 is 23.9 Å². The number of esters is 2. The largest absolute Gasteiger partial charge is 0.465 e. The molecule has 1 aromatic rings. The van der Waals surface area contributed by atoms with E-state index in [0.29, 0.717) is 0 Å². The first-order valence-corrected chi connectivity index (χ1v) is 6.75. The van der Waals surface area contributed by atoms with Crippen LogP contribution >= 0.6 is 0 Å². The van der Waals surface area contributed by atoms with Crippen molar-refractivity contribution >= 4 is 17.7 Å². The average molecular weight is 292 g/mol. The maximum absolute atomic E-state index is 12.4. The van der Waals surface area contributed by atoms with Crippen molar-refractivity contribution in [1.82, 2.24) is 0 Å². The molecule has 1 unspecified atom stereocenters. The van der Waals surface area contributed by atoms with Gasteiger partial charge < -0.3 is 9.47 Å². The summed E-state index contributed by atoms with van der Waals surface area (Å²) in [6.45, 7) is 6.69. The second-order valence-electron chi connectivity index (χ2n) is 5.45. The predicted molar refractivity (Wildman–Crippen MR) is 76.7 cm³/mol. The highest BCUT2D eigenvalue weighted by Gasteiger charge is 2.39. The number of benzene rings is 1. The van der Waals surface area contributed by atoms with Gasteiger partial charge in [0.15, 0.2) is 5.78 Å². The summed E-state index contributed by atoms with van der Waals surface area (Å²) >= 11 is 0. The molecule has 0 aliphatic carbocycles. The number of carbonyl (C=O) groups is 3. The third-order valence-corrected chi connectivity index (χ3v) is 2.49. The molecule has 0 amide bonds. The molecule has 0 saturated heterocycles. The number of Topliss-reactive ketones (excluding diaryl/α,β-unsaturated/α-hetero) is 1. The first kappa shape index (κ1) is 16.9. The summed E-state index contributed by atoms with van der Waals surface area (Å²) in [5, 5.41) is 0. The number of rotatable bonds is 5. The summed E-state index contributed by atoms with van der Waals surface area (Å²) < 4.78 is 9.97. The van der Waals surface area contributed by atoms with Gasteiger partial charge in [-0.25, -0.2) is 0 Å². The van der Waals surface area contributed by atoms with E-state index in [2.05, 4.69) is 0 Å². The van der Waals surface area contributed by atoms with Gasteiger partial charge in [-0.3, -0.25) is 14.4 Å². The van der Waals surface area contributed by atoms with Crippen molar-refractivity contribution in [3.63, 3.8) is 0 Å². The van der Waals surface area contributed by atoms with Crippen molar-refractivity contribution in [1.29, 1.82) is 0 Å². The highest BCUT2D eigenvalue weighted by molar-refractivity contribution is 6.20. The molecule has 0 bridgehead atoms. The van der Waals surface area contributed by atoms with E-state index in [-0.39, 0.29) is 12.2 Å². The van der Waals surface area contributed by atoms with Crippen molar-refractivity contribution in [2.75, 3.05) is 6.61 Å². The van der Waals surface area contributed by atoms with Crippen molar-refractivity contribution in [2.24, 2.45) is 5.92 Å². The lowest BCUT2D eigenvalue weighted by molar-refractivity contribution is -0.166. The fraction of sp³-hybridized carbons (Fsp3) is 0.438. The minimum absolute atomic E-state index is 0.0835. The topological polar surface area (TPSA) is 69.7 Å². The van der Waals surface area contributed by atoms with Crippen LogP contribution in [0.15, 0.2) is 30.3 Å². The van der Waals surface area contributed by atoms with Gasteiger partial charge in [0.2, 0.25) is 5.92 Å². The lowest BCUT2D eigenvalue weighted by atomic mass is 9.97. The molecular weight excluding hydrogens is 272 g/mol. The minimum atomic E-state index is -1.59. The highest BCUT2D eigenvalue weighted by atomic mass is 16.6. The molecule has 0 radical (unpaired) electrons. The lowest BCUT2D eigenvalue weighted by Crippen LogP contribution is -2.38. The van der Waals surface area contributed by atoms with E-state index in [1.165, 1.54) is 0 Å². The van der Waals surface area contributed by atoms with E-state index in [0.717, 1.165) is 0 Å². The second kappa shape index (κ2) is 7.02. The molecule has 0 N–H and O–H groups in total. The Kier molecular flexibility index (Phi) is 5.64. The van der Waals surface area contributed by atoms with E-state index in [9.17, 15) is 14.4 Å². The molecule has 114 valence electrons. The van der Waals surface area contributed by atoms with Crippen LogP contribution in [0.2, 0.25) is 0 Å². The Morgan fingerprint density at radius 1 is 1.05 bits per heavy atom. The Morgan fingerprint density at radius 2 is 1.62 bits per heavy atom. The third-order valence-electron chi connectivity index (χ3n) is 2.49. The van der Waals surface area contributed by atoms with E-state index in [4.69, 9.17) is 9.47 Å². The first-order valence-electron chi connectivity index (χ1n) is 6.75. The Balaban J connectivity index is 3.05. The number of carbonyl (C=O) groups excluding carboxylic acids is 3. The second-order valence-corrected chi connectivity index (χ2v) is 5.45. The van der Waals surface area contributed by atoms with Crippen LogP contribution in [-0.2, 0) is 19.1 Å². The van der Waals surface area contributed by atoms with Gasteiger partial charge in [-0.15, -0.1) is 0 Å². The number of hydrogen-bond donors (Lipinski definition) is 0. The smallest absolute Gasteiger partial charge is 0.328 e. The molecule has 21 heavy (non-hydrogen) atoms. The molecule has 5 heteroatoms. The minimum Gasteiger partial charge on any atom is -0.465 e. The van der Waals surface area contributed by atoms with Crippen LogP contribution in [0, 0.1) is 5.92 Å². The van der Waals surface area contributed by atoms with Gasteiger partial charge >= 0.3 is 11.9 Å². The quantitative estimate of drug-likeness (QED) is 0.473. The van der Waals surface area contributed by atoms with Crippen LogP contribution in [0.4, 0.5) is 0 Å². The molecule has 1 atom stereocenters. The fourth-order valence-corrected chi connectivity index (χ4v) is 1.67. The molecule has 0 saturated carbocycles. The molecule has 0 aliphatic rings. The van der Waals surface area contributed by atoms with E-state index < -0.39 is 29.2 Å². The fourth-order valence-electron chi connectivity index (χ4n) is 1.67. The summed E-state index contributed by atoms with van der Waals surface area (Å²) in [5.74, 6) is -4.00. The Morgan fingerprint density at radius 3 is 2.10 bits per heavy atom. The summed E-state index contributed by atoms with van der Waals surface area (Å²) in [4.78, 5) is 36.5. The first-order chi connectivity index (χ1) is 9.76. The Hall–Kier alpha value is -2.17. The molecule has 0 spiro atoms. The van der Waals surface area contributed by atoms with Crippen LogP contribution in [0.5, 0.6) is 0 Å². The van der Waals surface area contributed by atoms with Crippen molar-refractivity contribution in [2.45, 2.75) is 33.3 Å². The van der Waals surface area contributed by atoms with E-state index >= 15 is 0 Å². The molecule has 0 fully saturated rings. The standard InChI is InChI=1S/C16H20O5/c1-5-20-14(18)12(15(19)21-16(2,3)4)13(17)11-9-7-6-8-10-11/h6-10,12H,5H2,1-4H3. The van der Waals surface area contributed by atoms with Gasteiger partial charge in [-0.05, 0) is 27.7 Å². The molecule has 0 heterocycles. The number of ketones is 1. The number of hydrogen-bond acceptors (Lipinski definition) is 5. The molecule has 0 aliphatic heterocycles. The van der Waals surface area contributed by atoms with Gasteiger partial charge in [0.1, 0.15) is 5.60 Å². The van der Waals surface area contributed by atoms with E-state index in [1.54, 1.807) is 58.0 Å². The molecule has 1 aromatic carbocycles. The SMILES string of the molecule is CCOC(=O)C(C(=O)OC(C)(C)C)C(=O)c1ccccc1. The van der Waals surface area contributed by atoms with Crippen LogP contribution in [0.25, 0.3) is 0 Å². The van der Waals surface area contributed by atoms with Crippen LogP contribution < -0.4 is 0 Å². The van der Waals surface area contributed by atoms with Gasteiger partial charge in [0, 0.05) is 5.56 Å². The zero-order chi connectivity index (χ0) is 16.0. The maximum Gasteiger partial charge on any atom is 0.328 e. The zero-order valence-corrected chi connectivity index (χ0v) is 12.7. The van der Waals surface area contributed by atoms with Gasteiger partial charge in [-0.2, -0.15) is 0 Å².